The van der Waals surface area contributed by atoms with Crippen LogP contribution in [0, 0.1) is 0 Å². The maximum atomic E-state index is 12.8. The Bertz CT molecular complexity index is 799. The molecule has 2 aromatic carbocycles. The Morgan fingerprint density at radius 1 is 1.09 bits per heavy atom. The van der Waals surface area contributed by atoms with E-state index in [2.05, 4.69) is 6.07 Å². The van der Waals surface area contributed by atoms with Gasteiger partial charge in [0.15, 0.2) is 0 Å². The molecule has 0 spiro atoms. The molecular formula is C17H22N2O2S. The van der Waals surface area contributed by atoms with Crippen molar-refractivity contribution in [2.75, 3.05) is 25.5 Å². The van der Waals surface area contributed by atoms with Crippen molar-refractivity contribution in [3.63, 3.8) is 0 Å². The topological polar surface area (TPSA) is 40.6 Å². The van der Waals surface area contributed by atoms with Crippen LogP contribution in [0.15, 0.2) is 41.3 Å². The van der Waals surface area contributed by atoms with Crippen LogP contribution in [0.3, 0.4) is 0 Å². The molecule has 1 heterocycles. The molecule has 5 heteroatoms. The van der Waals surface area contributed by atoms with E-state index in [0.29, 0.717) is 11.4 Å². The van der Waals surface area contributed by atoms with Gasteiger partial charge in [-0.15, -0.1) is 0 Å². The second kappa shape index (κ2) is 5.56. The Morgan fingerprint density at radius 3 is 2.41 bits per heavy atom. The minimum Gasteiger partial charge on any atom is -0.378 e. The molecule has 118 valence electrons. The number of anilines is 1. The van der Waals surface area contributed by atoms with Gasteiger partial charge < -0.3 is 4.90 Å². The number of hydrogen-bond acceptors (Lipinski definition) is 3. The predicted octanol–water partition coefficient (Wildman–Crippen LogP) is 3.08. The summed E-state index contributed by atoms with van der Waals surface area (Å²) in [4.78, 5) is 2.43. The molecule has 1 saturated heterocycles. The highest BCUT2D eigenvalue weighted by atomic mass is 32.2. The highest BCUT2D eigenvalue weighted by Gasteiger charge is 2.32. The van der Waals surface area contributed by atoms with Crippen LogP contribution in [0.1, 0.15) is 19.8 Å². The Balaban J connectivity index is 2.03. The van der Waals surface area contributed by atoms with E-state index in [9.17, 15) is 8.42 Å². The average molecular weight is 318 g/mol. The maximum absolute atomic E-state index is 12.8. The van der Waals surface area contributed by atoms with Crippen LogP contribution < -0.4 is 4.90 Å². The Kier molecular flexibility index (Phi) is 3.87. The summed E-state index contributed by atoms with van der Waals surface area (Å²) in [6.07, 6.45) is 1.89. The quantitative estimate of drug-likeness (QED) is 0.873. The van der Waals surface area contributed by atoms with E-state index in [0.717, 1.165) is 29.3 Å². The third-order valence-electron chi connectivity index (χ3n) is 4.41. The number of hydrogen-bond donors (Lipinski definition) is 0. The summed E-state index contributed by atoms with van der Waals surface area (Å²) in [5, 5.41) is 2.01. The molecule has 0 radical (unpaired) electrons. The van der Waals surface area contributed by atoms with Gasteiger partial charge in [-0.1, -0.05) is 12.1 Å². The zero-order valence-electron chi connectivity index (χ0n) is 13.3. The monoisotopic (exact) mass is 318 g/mol. The van der Waals surface area contributed by atoms with Crippen molar-refractivity contribution in [3.05, 3.63) is 36.4 Å². The van der Waals surface area contributed by atoms with Crippen LogP contribution in [-0.4, -0.2) is 39.4 Å². The molecule has 1 aliphatic heterocycles. The lowest BCUT2D eigenvalue weighted by Crippen LogP contribution is -2.33. The van der Waals surface area contributed by atoms with Crippen molar-refractivity contribution < 1.29 is 8.42 Å². The van der Waals surface area contributed by atoms with Gasteiger partial charge in [-0.05, 0) is 54.8 Å². The lowest BCUT2D eigenvalue weighted by Gasteiger charge is -2.21. The SMILES string of the molecule is CC1CCCN1S(=O)(=O)c1ccc2cc(N(C)C)ccc2c1. The fourth-order valence-electron chi connectivity index (χ4n) is 3.05. The molecule has 0 saturated carbocycles. The first-order valence-corrected chi connectivity index (χ1v) is 9.06. The highest BCUT2D eigenvalue weighted by molar-refractivity contribution is 7.89. The average Bonchev–Trinajstić information content (AvgIpc) is 2.93. The van der Waals surface area contributed by atoms with Gasteiger partial charge in [-0.2, -0.15) is 4.31 Å². The number of fused-ring (bicyclic) bond motifs is 1. The summed E-state index contributed by atoms with van der Waals surface area (Å²) in [6, 6.07) is 11.6. The van der Waals surface area contributed by atoms with Gasteiger partial charge in [0, 0.05) is 32.4 Å². The van der Waals surface area contributed by atoms with Crippen LogP contribution in [0.25, 0.3) is 10.8 Å². The third-order valence-corrected chi connectivity index (χ3v) is 6.42. The summed E-state index contributed by atoms with van der Waals surface area (Å²) in [6.45, 7) is 2.61. The Hall–Kier alpha value is -1.59. The van der Waals surface area contributed by atoms with Gasteiger partial charge in [-0.3, -0.25) is 0 Å². The van der Waals surface area contributed by atoms with Gasteiger partial charge in [0.1, 0.15) is 0 Å². The first-order valence-electron chi connectivity index (χ1n) is 7.62. The molecule has 22 heavy (non-hydrogen) atoms. The predicted molar refractivity (Wildman–Crippen MR) is 90.9 cm³/mol. The fraction of sp³-hybridized carbons (Fsp3) is 0.412. The third kappa shape index (κ3) is 2.59. The standard InChI is InChI=1S/C17H22N2O2S/c1-13-5-4-10-19(13)22(20,21)17-9-7-14-11-16(18(2)3)8-6-15(14)12-17/h6-9,11-13H,4-5,10H2,1-3H3. The lowest BCUT2D eigenvalue weighted by atomic mass is 10.1. The van der Waals surface area contributed by atoms with Crippen molar-refractivity contribution in [3.8, 4) is 0 Å². The second-order valence-electron chi connectivity index (χ2n) is 6.19. The van der Waals surface area contributed by atoms with Gasteiger partial charge in [0.05, 0.1) is 4.90 Å². The van der Waals surface area contributed by atoms with E-state index in [1.54, 1.807) is 16.4 Å². The molecule has 3 rings (SSSR count). The molecule has 1 unspecified atom stereocenters. The summed E-state index contributed by atoms with van der Waals surface area (Å²) in [7, 11) is 0.607. The van der Waals surface area contributed by atoms with Crippen molar-refractivity contribution in [1.82, 2.24) is 4.31 Å². The van der Waals surface area contributed by atoms with Crippen molar-refractivity contribution in [1.29, 1.82) is 0 Å². The number of nitrogens with zero attached hydrogens (tertiary/aromatic N) is 2. The number of rotatable bonds is 3. The van der Waals surface area contributed by atoms with Crippen LogP contribution in [-0.2, 0) is 10.0 Å². The van der Waals surface area contributed by atoms with Crippen LogP contribution in [0.2, 0.25) is 0 Å². The van der Waals surface area contributed by atoms with E-state index in [4.69, 9.17) is 0 Å². The fourth-order valence-corrected chi connectivity index (χ4v) is 4.78. The molecule has 0 N–H and O–H groups in total. The first kappa shape index (κ1) is 15.3. The number of sulfonamides is 1. The van der Waals surface area contributed by atoms with Crippen molar-refractivity contribution in [2.24, 2.45) is 0 Å². The molecule has 1 aliphatic rings. The summed E-state index contributed by atoms with van der Waals surface area (Å²) in [5.41, 5.74) is 1.11. The second-order valence-corrected chi connectivity index (χ2v) is 8.09. The minimum absolute atomic E-state index is 0.0943. The van der Waals surface area contributed by atoms with E-state index in [1.807, 2.05) is 44.1 Å². The van der Waals surface area contributed by atoms with Crippen LogP contribution in [0.4, 0.5) is 5.69 Å². The number of benzene rings is 2. The molecule has 0 aliphatic carbocycles. The maximum Gasteiger partial charge on any atom is 0.243 e. The normalized spacial score (nSPS) is 19.7. The zero-order valence-corrected chi connectivity index (χ0v) is 14.1. The molecule has 0 aromatic heterocycles. The lowest BCUT2D eigenvalue weighted by molar-refractivity contribution is 0.408. The zero-order chi connectivity index (χ0) is 15.9. The van der Waals surface area contributed by atoms with E-state index in [-0.39, 0.29) is 6.04 Å². The smallest absolute Gasteiger partial charge is 0.243 e. The van der Waals surface area contributed by atoms with Crippen molar-refractivity contribution in [2.45, 2.75) is 30.7 Å². The Morgan fingerprint density at radius 2 is 1.77 bits per heavy atom. The van der Waals surface area contributed by atoms with Crippen LogP contribution >= 0.6 is 0 Å². The van der Waals surface area contributed by atoms with E-state index >= 15 is 0 Å². The summed E-state index contributed by atoms with van der Waals surface area (Å²) < 4.78 is 27.2. The first-order chi connectivity index (χ1) is 10.4. The van der Waals surface area contributed by atoms with Gasteiger partial charge >= 0.3 is 0 Å². The van der Waals surface area contributed by atoms with Crippen molar-refractivity contribution >= 4 is 26.5 Å². The van der Waals surface area contributed by atoms with Crippen LogP contribution in [0.5, 0.6) is 0 Å². The van der Waals surface area contributed by atoms with Gasteiger partial charge in [0.25, 0.3) is 0 Å². The Labute approximate surface area is 132 Å². The summed E-state index contributed by atoms with van der Waals surface area (Å²) >= 11 is 0. The molecule has 1 fully saturated rings. The van der Waals surface area contributed by atoms with Gasteiger partial charge in [-0.25, -0.2) is 8.42 Å². The highest BCUT2D eigenvalue weighted by Crippen LogP contribution is 2.29. The minimum atomic E-state index is -3.38. The van der Waals surface area contributed by atoms with E-state index < -0.39 is 10.0 Å². The molecular weight excluding hydrogens is 296 g/mol. The molecule has 0 bridgehead atoms. The molecule has 4 nitrogen and oxygen atoms in total. The molecule has 1 atom stereocenters. The summed E-state index contributed by atoms with van der Waals surface area (Å²) in [5.74, 6) is 0. The molecule has 2 aromatic rings. The molecule has 0 amide bonds. The van der Waals surface area contributed by atoms with Gasteiger partial charge in [0.2, 0.25) is 10.0 Å². The van der Waals surface area contributed by atoms with E-state index in [1.165, 1.54) is 0 Å². The largest absolute Gasteiger partial charge is 0.378 e.